The molecular formula is C15H13FN2O. The van der Waals surface area contributed by atoms with E-state index in [-0.39, 0.29) is 23.7 Å². The average molecular weight is 256 g/mol. The number of aromatic nitrogens is 1. The molecule has 2 aromatic rings. The number of amides is 1. The summed E-state index contributed by atoms with van der Waals surface area (Å²) in [6.07, 6.45) is 2.44. The lowest BCUT2D eigenvalue weighted by atomic mass is 10.1. The quantitative estimate of drug-likeness (QED) is 0.916. The predicted octanol–water partition coefficient (Wildman–Crippen LogP) is 2.51. The van der Waals surface area contributed by atoms with E-state index < -0.39 is 0 Å². The van der Waals surface area contributed by atoms with E-state index in [1.165, 1.54) is 12.1 Å². The summed E-state index contributed by atoms with van der Waals surface area (Å²) in [4.78, 5) is 15.9. The molecule has 1 heterocycles. The Morgan fingerprint density at radius 3 is 2.89 bits per heavy atom. The first-order chi connectivity index (χ1) is 9.24. The lowest BCUT2D eigenvalue weighted by Crippen LogP contribution is -2.27. The number of hydrogen-bond acceptors (Lipinski definition) is 2. The Balaban J connectivity index is 1.64. The molecule has 4 heteroatoms. The van der Waals surface area contributed by atoms with Crippen molar-refractivity contribution in [1.29, 1.82) is 0 Å². The minimum Gasteiger partial charge on any atom is -0.347 e. The number of hydrogen-bond donors (Lipinski definition) is 1. The third-order valence-electron chi connectivity index (χ3n) is 3.28. The summed E-state index contributed by atoms with van der Waals surface area (Å²) < 4.78 is 13.1. The van der Waals surface area contributed by atoms with Gasteiger partial charge in [0.2, 0.25) is 0 Å². The van der Waals surface area contributed by atoms with E-state index in [4.69, 9.17) is 0 Å². The van der Waals surface area contributed by atoms with Crippen LogP contribution in [-0.2, 0) is 0 Å². The highest BCUT2D eigenvalue weighted by Crippen LogP contribution is 2.40. The lowest BCUT2D eigenvalue weighted by Gasteiger charge is -2.04. The van der Waals surface area contributed by atoms with Gasteiger partial charge in [-0.25, -0.2) is 4.39 Å². The van der Waals surface area contributed by atoms with Crippen LogP contribution < -0.4 is 5.32 Å². The van der Waals surface area contributed by atoms with Crippen LogP contribution in [0.5, 0.6) is 0 Å². The van der Waals surface area contributed by atoms with Gasteiger partial charge in [0, 0.05) is 18.2 Å². The van der Waals surface area contributed by atoms with Gasteiger partial charge in [-0.05, 0) is 36.2 Å². The highest BCUT2D eigenvalue weighted by Gasteiger charge is 2.39. The Kier molecular flexibility index (Phi) is 2.99. The second-order valence-corrected chi connectivity index (χ2v) is 4.69. The molecule has 1 aromatic carbocycles. The van der Waals surface area contributed by atoms with Gasteiger partial charge in [-0.3, -0.25) is 9.78 Å². The molecule has 1 aromatic heterocycles. The fourth-order valence-electron chi connectivity index (χ4n) is 2.20. The molecule has 1 amide bonds. The Morgan fingerprint density at radius 1 is 1.26 bits per heavy atom. The summed E-state index contributed by atoms with van der Waals surface area (Å²) in [5.41, 5.74) is 1.35. The van der Waals surface area contributed by atoms with Crippen molar-refractivity contribution in [2.24, 2.45) is 0 Å². The summed E-state index contributed by atoms with van der Waals surface area (Å²) in [7, 11) is 0. The van der Waals surface area contributed by atoms with Crippen LogP contribution in [0.4, 0.5) is 4.39 Å². The van der Waals surface area contributed by atoms with Gasteiger partial charge in [0.15, 0.2) is 0 Å². The molecule has 96 valence electrons. The first-order valence-corrected chi connectivity index (χ1v) is 6.21. The Labute approximate surface area is 110 Å². The maximum absolute atomic E-state index is 13.1. The summed E-state index contributed by atoms with van der Waals surface area (Å²) in [5, 5.41) is 2.91. The molecule has 3 rings (SSSR count). The first-order valence-electron chi connectivity index (χ1n) is 6.21. The van der Waals surface area contributed by atoms with Gasteiger partial charge in [-0.1, -0.05) is 18.2 Å². The molecule has 0 bridgehead atoms. The van der Waals surface area contributed by atoms with Gasteiger partial charge in [0.05, 0.1) is 0 Å². The number of benzene rings is 1. The zero-order valence-electron chi connectivity index (χ0n) is 10.2. The Bertz CT molecular complexity index is 600. The normalized spacial score (nSPS) is 20.9. The van der Waals surface area contributed by atoms with E-state index in [1.807, 2.05) is 6.07 Å². The Morgan fingerprint density at radius 2 is 2.16 bits per heavy atom. The fraction of sp³-hybridized carbons (Fsp3) is 0.200. The molecule has 0 aliphatic heterocycles. The summed E-state index contributed by atoms with van der Waals surface area (Å²) in [6, 6.07) is 11.8. The fourth-order valence-corrected chi connectivity index (χ4v) is 2.20. The highest BCUT2D eigenvalue weighted by atomic mass is 19.1. The monoisotopic (exact) mass is 256 g/mol. The van der Waals surface area contributed by atoms with E-state index in [1.54, 1.807) is 30.5 Å². The molecule has 1 saturated carbocycles. The Hall–Kier alpha value is -2.23. The third-order valence-corrected chi connectivity index (χ3v) is 3.28. The maximum atomic E-state index is 13.1. The van der Waals surface area contributed by atoms with Crippen molar-refractivity contribution in [1.82, 2.24) is 10.3 Å². The summed E-state index contributed by atoms with van der Waals surface area (Å²) in [6.45, 7) is 0. The SMILES string of the molecule is O=C(N[C@H]1C[C@@H]1c1cccc(F)c1)c1ccccn1. The van der Waals surface area contributed by atoms with Crippen molar-refractivity contribution in [3.05, 3.63) is 65.7 Å². The number of rotatable bonds is 3. The number of halogens is 1. The van der Waals surface area contributed by atoms with Crippen molar-refractivity contribution >= 4 is 5.91 Å². The molecule has 2 atom stereocenters. The van der Waals surface area contributed by atoms with E-state index in [9.17, 15) is 9.18 Å². The van der Waals surface area contributed by atoms with Crippen LogP contribution >= 0.6 is 0 Å². The molecule has 1 N–H and O–H groups in total. The lowest BCUT2D eigenvalue weighted by molar-refractivity contribution is 0.0945. The standard InChI is InChI=1S/C15H13FN2O/c16-11-5-3-4-10(8-11)12-9-14(12)18-15(19)13-6-1-2-7-17-13/h1-8,12,14H,9H2,(H,18,19)/t12-,14+/m1/s1. The minimum absolute atomic E-state index is 0.0799. The number of carbonyl (C=O) groups excluding carboxylic acids is 1. The molecule has 0 unspecified atom stereocenters. The second kappa shape index (κ2) is 4.80. The molecule has 1 aliphatic carbocycles. The van der Waals surface area contributed by atoms with Crippen molar-refractivity contribution < 1.29 is 9.18 Å². The van der Waals surface area contributed by atoms with Gasteiger partial charge in [-0.15, -0.1) is 0 Å². The van der Waals surface area contributed by atoms with Crippen molar-refractivity contribution in [2.75, 3.05) is 0 Å². The van der Waals surface area contributed by atoms with Crippen LogP contribution in [0.3, 0.4) is 0 Å². The number of pyridine rings is 1. The average Bonchev–Trinajstić information content (AvgIpc) is 3.19. The van der Waals surface area contributed by atoms with Crippen LogP contribution in [0.2, 0.25) is 0 Å². The van der Waals surface area contributed by atoms with E-state index in [0.29, 0.717) is 5.69 Å². The summed E-state index contributed by atoms with van der Waals surface area (Å²) >= 11 is 0. The van der Waals surface area contributed by atoms with Crippen LogP contribution in [0.15, 0.2) is 48.7 Å². The molecule has 1 fully saturated rings. The van der Waals surface area contributed by atoms with Crippen LogP contribution in [0.1, 0.15) is 28.4 Å². The first kappa shape index (κ1) is 11.8. The zero-order valence-corrected chi connectivity index (χ0v) is 10.2. The van der Waals surface area contributed by atoms with E-state index in [2.05, 4.69) is 10.3 Å². The molecule has 0 radical (unpaired) electrons. The van der Waals surface area contributed by atoms with Gasteiger partial charge < -0.3 is 5.32 Å². The number of nitrogens with zero attached hydrogens (tertiary/aromatic N) is 1. The van der Waals surface area contributed by atoms with Crippen molar-refractivity contribution in [2.45, 2.75) is 18.4 Å². The number of carbonyl (C=O) groups is 1. The highest BCUT2D eigenvalue weighted by molar-refractivity contribution is 5.92. The molecule has 0 saturated heterocycles. The molecular weight excluding hydrogens is 243 g/mol. The van der Waals surface area contributed by atoms with Crippen LogP contribution in [0.25, 0.3) is 0 Å². The van der Waals surface area contributed by atoms with Gasteiger partial charge in [0.25, 0.3) is 5.91 Å². The van der Waals surface area contributed by atoms with Gasteiger partial charge in [-0.2, -0.15) is 0 Å². The number of nitrogens with one attached hydrogen (secondary N) is 1. The molecule has 19 heavy (non-hydrogen) atoms. The van der Waals surface area contributed by atoms with E-state index >= 15 is 0 Å². The topological polar surface area (TPSA) is 42.0 Å². The smallest absolute Gasteiger partial charge is 0.270 e. The van der Waals surface area contributed by atoms with Crippen LogP contribution in [0, 0.1) is 5.82 Å². The molecule has 3 nitrogen and oxygen atoms in total. The molecule has 1 aliphatic rings. The maximum Gasteiger partial charge on any atom is 0.270 e. The molecule has 0 spiro atoms. The van der Waals surface area contributed by atoms with Crippen molar-refractivity contribution in [3.63, 3.8) is 0 Å². The third kappa shape index (κ3) is 2.62. The summed E-state index contributed by atoms with van der Waals surface area (Å²) in [5.74, 6) is -0.202. The second-order valence-electron chi connectivity index (χ2n) is 4.69. The van der Waals surface area contributed by atoms with Gasteiger partial charge >= 0.3 is 0 Å². The minimum atomic E-state index is -0.237. The van der Waals surface area contributed by atoms with Gasteiger partial charge in [0.1, 0.15) is 11.5 Å². The largest absolute Gasteiger partial charge is 0.347 e. The van der Waals surface area contributed by atoms with E-state index in [0.717, 1.165) is 12.0 Å². The van der Waals surface area contributed by atoms with Crippen molar-refractivity contribution in [3.8, 4) is 0 Å². The van der Waals surface area contributed by atoms with Crippen LogP contribution in [-0.4, -0.2) is 16.9 Å². The predicted molar refractivity (Wildman–Crippen MR) is 69.2 cm³/mol. The zero-order chi connectivity index (χ0) is 13.2.